The minimum atomic E-state index is -1.14. The van der Waals surface area contributed by atoms with Gasteiger partial charge in [0.2, 0.25) is 5.79 Å². The number of cyclic esters (lactones) is 1. The smallest absolute Gasteiger partial charge is 0.340 e. The summed E-state index contributed by atoms with van der Waals surface area (Å²) in [5, 5.41) is 0. The molecule has 1 fully saturated rings. The highest BCUT2D eigenvalue weighted by Gasteiger charge is 2.49. The zero-order chi connectivity index (χ0) is 27.4. The minimum Gasteiger partial charge on any atom is -0.456 e. The molecule has 0 spiro atoms. The zero-order valence-electron chi connectivity index (χ0n) is 23.4. The van der Waals surface area contributed by atoms with Gasteiger partial charge >= 0.3 is 5.97 Å². The van der Waals surface area contributed by atoms with Gasteiger partial charge in [-0.25, -0.2) is 4.79 Å². The zero-order valence-corrected chi connectivity index (χ0v) is 24.3. The normalized spacial score (nSPS) is 30.8. The molecule has 0 aromatic rings. The third-order valence-corrected chi connectivity index (χ3v) is 8.07. The molecule has 8 atom stereocenters. The SMILES string of the molecule is CO[C@](C)(C[C@@H](C)CC=O)[C@H](O[C@@H]1OC(C)CC(N(C)C)C1P=O)[C@@H](C)C1=C(C)C(=O)OC(C)(C)O1. The Morgan fingerprint density at radius 1 is 1.28 bits per heavy atom. The van der Waals surface area contributed by atoms with Crippen molar-refractivity contribution in [1.29, 1.82) is 0 Å². The lowest BCUT2D eigenvalue weighted by Crippen LogP contribution is -2.57. The van der Waals surface area contributed by atoms with Crippen molar-refractivity contribution >= 4 is 20.7 Å². The van der Waals surface area contributed by atoms with Gasteiger partial charge < -0.3 is 33.4 Å². The first-order chi connectivity index (χ1) is 16.7. The van der Waals surface area contributed by atoms with Gasteiger partial charge in [-0.2, -0.15) is 0 Å². The molecule has 10 heteroatoms. The van der Waals surface area contributed by atoms with Gasteiger partial charge in [0.1, 0.15) is 17.7 Å². The molecule has 3 unspecified atom stereocenters. The van der Waals surface area contributed by atoms with E-state index in [1.165, 1.54) is 0 Å². The summed E-state index contributed by atoms with van der Waals surface area (Å²) in [6.07, 6.45) is 0.947. The topological polar surface area (TPSA) is 101 Å². The molecule has 0 amide bonds. The van der Waals surface area contributed by atoms with Crippen molar-refractivity contribution in [3.8, 4) is 0 Å². The molecule has 0 aromatic carbocycles. The lowest BCUT2D eigenvalue weighted by atomic mass is 9.80. The highest BCUT2D eigenvalue weighted by atomic mass is 31.1. The summed E-state index contributed by atoms with van der Waals surface area (Å²) in [6.45, 7) is 12.8. The molecule has 0 aromatic heterocycles. The monoisotopic (exact) mass is 529 g/mol. The third kappa shape index (κ3) is 7.13. The van der Waals surface area contributed by atoms with E-state index in [4.69, 9.17) is 23.7 Å². The first kappa shape index (κ1) is 30.8. The number of nitrogens with zero attached hydrogens (tertiary/aromatic N) is 1. The molecule has 0 aliphatic carbocycles. The number of hydrogen-bond acceptors (Lipinski definition) is 9. The predicted octanol–water partition coefficient (Wildman–Crippen LogP) is 4.34. The fourth-order valence-corrected chi connectivity index (χ4v) is 6.07. The van der Waals surface area contributed by atoms with Crippen LogP contribution in [0.5, 0.6) is 0 Å². The molecule has 0 radical (unpaired) electrons. The Bertz CT molecular complexity index is 831. The molecule has 2 rings (SSSR count). The molecule has 1 saturated heterocycles. The van der Waals surface area contributed by atoms with Crippen molar-refractivity contribution in [1.82, 2.24) is 4.90 Å². The van der Waals surface area contributed by atoms with Crippen LogP contribution in [0.4, 0.5) is 0 Å². The van der Waals surface area contributed by atoms with E-state index < -0.39 is 41.3 Å². The Morgan fingerprint density at radius 2 is 1.92 bits per heavy atom. The van der Waals surface area contributed by atoms with Crippen LogP contribution in [0.2, 0.25) is 0 Å². The Kier molecular flexibility index (Phi) is 10.7. The van der Waals surface area contributed by atoms with Gasteiger partial charge in [0, 0.05) is 39.3 Å². The van der Waals surface area contributed by atoms with Crippen molar-refractivity contribution in [3.63, 3.8) is 0 Å². The number of aldehydes is 1. The van der Waals surface area contributed by atoms with Gasteiger partial charge in [0.15, 0.2) is 14.8 Å². The average molecular weight is 530 g/mol. The van der Waals surface area contributed by atoms with Gasteiger partial charge in [-0.15, -0.1) is 0 Å². The fraction of sp³-hybridized carbons (Fsp3) is 0.846. The summed E-state index contributed by atoms with van der Waals surface area (Å²) in [5.74, 6) is -1.57. The maximum Gasteiger partial charge on any atom is 0.340 e. The van der Waals surface area contributed by atoms with Crippen molar-refractivity contribution in [2.75, 3.05) is 21.2 Å². The van der Waals surface area contributed by atoms with Crippen LogP contribution >= 0.6 is 8.46 Å². The first-order valence-electron chi connectivity index (χ1n) is 12.6. The third-order valence-electron chi connectivity index (χ3n) is 7.24. The quantitative estimate of drug-likeness (QED) is 0.208. The molecular formula is C26H44NO8P. The van der Waals surface area contributed by atoms with Crippen molar-refractivity contribution in [2.45, 2.75) is 109 Å². The Balaban J connectivity index is 2.55. The summed E-state index contributed by atoms with van der Waals surface area (Å²) in [4.78, 5) is 25.9. The molecule has 206 valence electrons. The van der Waals surface area contributed by atoms with Crippen LogP contribution in [-0.4, -0.2) is 79.9 Å². The average Bonchev–Trinajstić information content (AvgIpc) is 2.78. The van der Waals surface area contributed by atoms with Crippen LogP contribution in [0, 0.1) is 11.8 Å². The largest absolute Gasteiger partial charge is 0.456 e. The van der Waals surface area contributed by atoms with Crippen molar-refractivity contribution in [2.24, 2.45) is 11.8 Å². The van der Waals surface area contributed by atoms with E-state index in [1.807, 2.05) is 46.7 Å². The van der Waals surface area contributed by atoms with Crippen LogP contribution in [0.25, 0.3) is 0 Å². The summed E-state index contributed by atoms with van der Waals surface area (Å²) >= 11 is 0. The Labute approximate surface area is 217 Å². The molecule has 2 aliphatic rings. The maximum absolute atomic E-state index is 12.6. The number of rotatable bonds is 12. The van der Waals surface area contributed by atoms with E-state index in [0.717, 1.165) is 12.7 Å². The van der Waals surface area contributed by atoms with Crippen molar-refractivity contribution in [3.05, 3.63) is 11.3 Å². The van der Waals surface area contributed by atoms with Crippen LogP contribution in [-0.2, 0) is 37.8 Å². The first-order valence-corrected chi connectivity index (χ1v) is 13.5. The summed E-state index contributed by atoms with van der Waals surface area (Å²) < 4.78 is 42.9. The summed E-state index contributed by atoms with van der Waals surface area (Å²) in [5.41, 5.74) is -0.952. The highest BCUT2D eigenvalue weighted by Crippen LogP contribution is 2.42. The van der Waals surface area contributed by atoms with Gasteiger partial charge in [0.05, 0.1) is 23.4 Å². The van der Waals surface area contributed by atoms with E-state index in [-0.39, 0.29) is 26.5 Å². The van der Waals surface area contributed by atoms with Crippen LogP contribution < -0.4 is 0 Å². The van der Waals surface area contributed by atoms with E-state index in [9.17, 15) is 14.2 Å². The van der Waals surface area contributed by atoms with Crippen LogP contribution in [0.1, 0.15) is 67.7 Å². The molecule has 2 aliphatic heterocycles. The van der Waals surface area contributed by atoms with Gasteiger partial charge in [-0.3, -0.25) is 4.57 Å². The van der Waals surface area contributed by atoms with Crippen LogP contribution in [0.3, 0.4) is 0 Å². The molecule has 0 saturated carbocycles. The second kappa shape index (κ2) is 12.4. The van der Waals surface area contributed by atoms with Gasteiger partial charge in [-0.1, -0.05) is 13.8 Å². The molecule has 0 N–H and O–H groups in total. The van der Waals surface area contributed by atoms with E-state index >= 15 is 0 Å². The maximum atomic E-state index is 12.6. The van der Waals surface area contributed by atoms with E-state index in [0.29, 0.717) is 24.2 Å². The van der Waals surface area contributed by atoms with Gasteiger partial charge in [0.25, 0.3) is 0 Å². The second-order valence-electron chi connectivity index (χ2n) is 11.1. The molecule has 0 bridgehead atoms. The number of ether oxygens (including phenoxy) is 5. The summed E-state index contributed by atoms with van der Waals surface area (Å²) in [6, 6.07) is -0.0162. The minimum absolute atomic E-state index is 0.0162. The van der Waals surface area contributed by atoms with E-state index in [2.05, 4.69) is 0 Å². The number of esters is 1. The highest BCUT2D eigenvalue weighted by molar-refractivity contribution is 7.24. The molecule has 36 heavy (non-hydrogen) atoms. The second-order valence-corrected chi connectivity index (χ2v) is 11.9. The standard InChI is InChI=1S/C26H44NO8P/c1-15(11-12-28)14-26(7,31-10)22(17(3)20-18(4)23(29)35-25(5,6)34-20)33-24-21(36-30)19(27(8)9)13-16(2)32-24/h12,15-17,19,21-22,24H,11,13-14H2,1-10H3/t15-,16?,17-,19?,21?,22+,24-,26+/m0/s1. The Hall–Kier alpha value is -1.38. The number of hydrogen-bond donors (Lipinski definition) is 0. The number of methoxy groups -OCH3 is 1. The molecule has 2 heterocycles. The van der Waals surface area contributed by atoms with Crippen LogP contribution in [0.15, 0.2) is 11.3 Å². The Morgan fingerprint density at radius 3 is 2.44 bits per heavy atom. The molecule has 9 nitrogen and oxygen atoms in total. The lowest BCUT2D eigenvalue weighted by Gasteiger charge is -2.47. The fourth-order valence-electron chi connectivity index (χ4n) is 5.30. The molecular weight excluding hydrogens is 485 g/mol. The van der Waals surface area contributed by atoms with Crippen molar-refractivity contribution < 1.29 is 37.8 Å². The number of carbonyl (C=O) groups is 2. The summed E-state index contributed by atoms with van der Waals surface area (Å²) in [7, 11) is 5.44. The lowest BCUT2D eigenvalue weighted by molar-refractivity contribution is -0.266. The van der Waals surface area contributed by atoms with E-state index in [1.54, 1.807) is 27.9 Å². The van der Waals surface area contributed by atoms with Gasteiger partial charge in [-0.05, 0) is 53.6 Å². The predicted molar refractivity (Wildman–Crippen MR) is 136 cm³/mol. The number of carbonyl (C=O) groups excluding carboxylic acids is 2.